The molecular weight excluding hydrogens is 783 g/mol. The summed E-state index contributed by atoms with van der Waals surface area (Å²) < 4.78 is 14.8. The number of thioether (sulfide) groups is 1. The highest BCUT2D eigenvalue weighted by molar-refractivity contribution is 7.98. The second-order valence-electron chi connectivity index (χ2n) is 13.9. The van der Waals surface area contributed by atoms with E-state index in [9.17, 15) is 44.5 Å². The number of amides is 3. The number of nitro groups is 2. The summed E-state index contributed by atoms with van der Waals surface area (Å²) >= 11 is 2.85. The number of aliphatic hydroxyl groups excluding tert-OH is 1. The van der Waals surface area contributed by atoms with Crippen LogP contribution in [0.4, 0.5) is 16.2 Å². The summed E-state index contributed by atoms with van der Waals surface area (Å²) in [6.45, 7) is 4.48. The third-order valence-electron chi connectivity index (χ3n) is 10.5. The smallest absolute Gasteiger partial charge is 0.410 e. The van der Waals surface area contributed by atoms with Crippen molar-refractivity contribution in [2.45, 2.75) is 50.8 Å². The largest absolute Gasteiger partial charge is 0.456 e. The van der Waals surface area contributed by atoms with Crippen molar-refractivity contribution < 1.29 is 48.2 Å². The van der Waals surface area contributed by atoms with Gasteiger partial charge in [0.25, 0.3) is 23.6 Å². The summed E-state index contributed by atoms with van der Waals surface area (Å²) in [6, 6.07) is 10.9. The zero-order chi connectivity index (χ0) is 40.7. The van der Waals surface area contributed by atoms with Gasteiger partial charge in [0, 0.05) is 61.9 Å². The molecule has 2 saturated heterocycles. The molecule has 3 aliphatic rings. The van der Waals surface area contributed by atoms with Crippen molar-refractivity contribution in [1.29, 1.82) is 0 Å². The molecule has 4 aromatic rings. The molecule has 0 radical (unpaired) electrons. The maximum atomic E-state index is 13.8. The van der Waals surface area contributed by atoms with Gasteiger partial charge in [-0.25, -0.2) is 14.2 Å². The predicted molar refractivity (Wildman–Crippen MR) is 203 cm³/mol. The first-order valence-electron chi connectivity index (χ1n) is 17.9. The van der Waals surface area contributed by atoms with Crippen LogP contribution in [0.5, 0.6) is 0 Å². The Morgan fingerprint density at radius 2 is 1.51 bits per heavy atom. The number of esters is 1. The number of nitro benzene ring substituents is 2. The zero-order valence-corrected chi connectivity index (χ0v) is 32.6. The van der Waals surface area contributed by atoms with Crippen molar-refractivity contribution in [2.75, 3.05) is 32.4 Å². The van der Waals surface area contributed by atoms with Crippen LogP contribution in [0.1, 0.15) is 29.9 Å². The second-order valence-corrected chi connectivity index (χ2v) is 15.7. The molecule has 5 heterocycles. The number of aliphatic hydroxyl groups is 1. The third kappa shape index (κ3) is 7.54. The number of imidazole rings is 1. The van der Waals surface area contributed by atoms with Crippen molar-refractivity contribution >= 4 is 68.8 Å². The first-order chi connectivity index (χ1) is 27.3. The SMILES string of the molecule is CSc1c2sc(C3=C(C(=O)OCc4ccc([N+](=O)[O-])cc4)N4C(=O)[C@H]([C@@H](C)O)[C@H]4[C@H]3C)cn2c[n+]1CC(=O)N1CCN(C(=O)OCc2ccc([N+](=O)[O-])cc2)CC1. The minimum atomic E-state index is -0.928. The van der Waals surface area contributed by atoms with E-state index in [1.54, 1.807) is 18.2 Å². The number of hydrogen-bond acceptors (Lipinski definition) is 13. The van der Waals surface area contributed by atoms with Crippen LogP contribution in [0, 0.1) is 32.1 Å². The lowest BCUT2D eigenvalue weighted by atomic mass is 9.77. The van der Waals surface area contributed by atoms with E-state index in [4.69, 9.17) is 9.47 Å². The Morgan fingerprint density at radius 1 is 0.947 bits per heavy atom. The lowest BCUT2D eigenvalue weighted by Crippen LogP contribution is -2.63. The highest BCUT2D eigenvalue weighted by Gasteiger charge is 2.60. The van der Waals surface area contributed by atoms with E-state index in [-0.39, 0.29) is 67.7 Å². The van der Waals surface area contributed by atoms with Crippen molar-refractivity contribution in [2.24, 2.45) is 11.8 Å². The number of thiazole rings is 1. The topological polar surface area (TPSA) is 211 Å². The average Bonchev–Trinajstić information content (AvgIpc) is 3.82. The maximum absolute atomic E-state index is 13.8. The van der Waals surface area contributed by atoms with E-state index in [2.05, 4.69) is 0 Å². The van der Waals surface area contributed by atoms with Crippen LogP contribution >= 0.6 is 23.1 Å². The van der Waals surface area contributed by atoms with Gasteiger partial charge >= 0.3 is 12.1 Å². The summed E-state index contributed by atoms with van der Waals surface area (Å²) in [5, 5.41) is 33.2. The number of fused-ring (bicyclic) bond motifs is 2. The minimum absolute atomic E-state index is 0.0389. The van der Waals surface area contributed by atoms with E-state index in [0.717, 1.165) is 14.7 Å². The lowest BCUT2D eigenvalue weighted by Gasteiger charge is -2.46. The molecule has 7 rings (SSSR count). The van der Waals surface area contributed by atoms with Crippen molar-refractivity contribution in [3.05, 3.63) is 103 Å². The molecule has 18 nitrogen and oxygen atoms in total. The van der Waals surface area contributed by atoms with Crippen molar-refractivity contribution in [3.8, 4) is 0 Å². The van der Waals surface area contributed by atoms with Gasteiger partial charge in [-0.3, -0.25) is 29.8 Å². The van der Waals surface area contributed by atoms with E-state index in [0.29, 0.717) is 29.8 Å². The lowest BCUT2D eigenvalue weighted by molar-refractivity contribution is -0.718. The van der Waals surface area contributed by atoms with Crippen LogP contribution in [0.3, 0.4) is 0 Å². The summed E-state index contributed by atoms with van der Waals surface area (Å²) in [5.41, 5.74) is 1.70. The van der Waals surface area contributed by atoms with Crippen molar-refractivity contribution in [1.82, 2.24) is 19.1 Å². The quantitative estimate of drug-likeness (QED) is 0.0543. The number of aromatic nitrogens is 2. The molecule has 0 bridgehead atoms. The zero-order valence-electron chi connectivity index (χ0n) is 31.0. The fourth-order valence-corrected chi connectivity index (χ4v) is 9.70. The molecule has 2 aromatic carbocycles. The number of hydrogen-bond donors (Lipinski definition) is 1. The predicted octanol–water partition coefficient (Wildman–Crippen LogP) is 3.62. The summed E-state index contributed by atoms with van der Waals surface area (Å²) in [7, 11) is 0. The van der Waals surface area contributed by atoms with Gasteiger partial charge in [-0.1, -0.05) is 30.0 Å². The highest BCUT2D eigenvalue weighted by Crippen LogP contribution is 2.52. The molecule has 3 aliphatic heterocycles. The number of β-lactam (4-membered cyclic amide) rings is 1. The van der Waals surface area contributed by atoms with Crippen molar-refractivity contribution in [3.63, 3.8) is 0 Å². The molecule has 20 heteroatoms. The number of rotatable bonds is 12. The second kappa shape index (κ2) is 15.9. The molecule has 4 atom stereocenters. The van der Waals surface area contributed by atoms with Crippen LogP contribution in [0.2, 0.25) is 0 Å². The van der Waals surface area contributed by atoms with Gasteiger partial charge in [0.1, 0.15) is 25.1 Å². The van der Waals surface area contributed by atoms with E-state index >= 15 is 0 Å². The summed E-state index contributed by atoms with van der Waals surface area (Å²) in [4.78, 5) is 80.4. The third-order valence-corrected chi connectivity index (χ3v) is 12.5. The van der Waals surface area contributed by atoms with Crippen LogP contribution in [0.15, 0.2) is 71.8 Å². The first-order valence-corrected chi connectivity index (χ1v) is 20.0. The number of nitrogens with zero attached hydrogens (tertiary/aromatic N) is 7. The molecule has 0 unspecified atom stereocenters. The Balaban J connectivity index is 1.03. The molecule has 1 N–H and O–H groups in total. The Kier molecular flexibility index (Phi) is 11.0. The molecule has 298 valence electrons. The Hall–Kier alpha value is -5.86. The number of piperazine rings is 1. The van der Waals surface area contributed by atoms with Gasteiger partial charge in [0.05, 0.1) is 32.8 Å². The fourth-order valence-electron chi connectivity index (χ4n) is 7.52. The number of carbonyl (C=O) groups is 4. The van der Waals surface area contributed by atoms with Gasteiger partial charge in [-0.05, 0) is 48.6 Å². The molecule has 57 heavy (non-hydrogen) atoms. The molecule has 3 amide bonds. The molecule has 2 fully saturated rings. The Morgan fingerprint density at radius 3 is 2.05 bits per heavy atom. The number of ether oxygens (including phenoxy) is 2. The number of carbonyl (C=O) groups excluding carboxylic acids is 4. The minimum Gasteiger partial charge on any atom is -0.456 e. The number of benzene rings is 2. The molecule has 2 aromatic heterocycles. The molecule has 0 saturated carbocycles. The Bertz CT molecular complexity index is 2300. The van der Waals surface area contributed by atoms with Crippen LogP contribution in [-0.4, -0.2) is 103 Å². The van der Waals surface area contributed by atoms with Crippen LogP contribution in [0.25, 0.3) is 10.4 Å². The summed E-state index contributed by atoms with van der Waals surface area (Å²) in [5.74, 6) is -2.24. The molecular formula is C37H38N7O11S2+. The van der Waals surface area contributed by atoms with Gasteiger partial charge < -0.3 is 29.3 Å². The molecule has 0 spiro atoms. The highest BCUT2D eigenvalue weighted by atomic mass is 32.2. The van der Waals surface area contributed by atoms with E-state index in [1.807, 2.05) is 28.3 Å². The normalized spacial score (nSPS) is 19.7. The van der Waals surface area contributed by atoms with Gasteiger partial charge in [-0.15, -0.1) is 0 Å². The standard InChI is InChI=1S/C37H38N7O11S2/c1-21-29(32(42-31(21)30(22(2)45)33(42)47)36(48)54-18-23-4-8-25(9-5-23)43(50)51)27-16-40-20-41(34(56-3)35(40)57-27)17-28(46)38-12-14-39(15-13-38)37(49)55-19-24-6-10-26(11-7-24)44(52)53/h4-11,16,20-22,30-31,45H,12-15,17-19H2,1-3H3/q+1/t21-,22+,30+,31+/m0/s1. The van der Waals surface area contributed by atoms with Crippen LogP contribution < -0.4 is 4.57 Å². The van der Waals surface area contributed by atoms with Gasteiger partial charge in [-0.2, -0.15) is 4.40 Å². The van der Waals surface area contributed by atoms with Gasteiger partial charge in [0.2, 0.25) is 15.8 Å². The fraction of sp³-hybridized carbons (Fsp3) is 0.378. The van der Waals surface area contributed by atoms with Gasteiger partial charge in [0.15, 0.2) is 6.54 Å². The van der Waals surface area contributed by atoms with E-state index < -0.39 is 40.0 Å². The molecule has 0 aliphatic carbocycles. The van der Waals surface area contributed by atoms with E-state index in [1.165, 1.54) is 81.4 Å². The Labute approximate surface area is 333 Å². The first kappa shape index (κ1) is 39.4. The monoisotopic (exact) mass is 820 g/mol. The van der Waals surface area contributed by atoms with Crippen LogP contribution in [-0.2, 0) is 43.6 Å². The average molecular weight is 821 g/mol. The maximum Gasteiger partial charge on any atom is 0.410 e. The summed E-state index contributed by atoms with van der Waals surface area (Å²) in [6.07, 6.45) is 4.09. The number of non-ortho nitro benzene ring substituents is 2.